The molecule has 0 atom stereocenters. The summed E-state index contributed by atoms with van der Waals surface area (Å²) in [6.07, 6.45) is 0. The van der Waals surface area contributed by atoms with E-state index in [-0.39, 0.29) is 0 Å². The molecule has 8 aromatic carbocycles. The number of quaternary nitrogens is 1. The molecular formula is C48H36N+. The Bertz CT molecular complexity index is 2170. The van der Waals surface area contributed by atoms with Crippen molar-refractivity contribution in [2.45, 2.75) is 0 Å². The minimum Gasteiger partial charge on any atom is -0.194 e. The summed E-state index contributed by atoms with van der Waals surface area (Å²) in [5.41, 5.74) is 14.1. The van der Waals surface area contributed by atoms with Crippen LogP contribution in [-0.4, -0.2) is 0 Å². The fourth-order valence-electron chi connectivity index (χ4n) is 7.29. The molecule has 49 heavy (non-hydrogen) atoms. The Labute approximate surface area is 289 Å². The van der Waals surface area contributed by atoms with Gasteiger partial charge in [-0.05, 0) is 33.4 Å². The third-order valence-corrected chi connectivity index (χ3v) is 9.37. The Balaban J connectivity index is 1.68. The fourth-order valence-corrected chi connectivity index (χ4v) is 7.29. The minimum atomic E-state index is 0.390. The van der Waals surface area contributed by atoms with Crippen LogP contribution in [0.15, 0.2) is 218 Å². The standard InChI is InChI=1S/C48H36N/c1-8-22-37(23-9-1)44-36-45(49(41-30-16-5-17-31-41,42-32-18-6-19-33-42)43-34-20-7-21-35-43)47(39-26-12-3-13-27-39)48(40-28-14-4-15-29-40)46(44)38-24-10-2-11-25-38/h1-36H/q+1. The average molecular weight is 627 g/mol. The summed E-state index contributed by atoms with van der Waals surface area (Å²) in [4.78, 5) is 0. The van der Waals surface area contributed by atoms with Crippen molar-refractivity contribution >= 4 is 22.7 Å². The normalized spacial score (nSPS) is 11.3. The summed E-state index contributed by atoms with van der Waals surface area (Å²) >= 11 is 0. The van der Waals surface area contributed by atoms with Crippen LogP contribution in [0.3, 0.4) is 0 Å². The molecule has 0 radical (unpaired) electrons. The van der Waals surface area contributed by atoms with Gasteiger partial charge in [0.1, 0.15) is 17.1 Å². The molecule has 0 N–H and O–H groups in total. The van der Waals surface area contributed by atoms with Crippen LogP contribution in [0.5, 0.6) is 0 Å². The molecule has 0 spiro atoms. The molecule has 8 aromatic rings. The van der Waals surface area contributed by atoms with Gasteiger partial charge in [0.2, 0.25) is 0 Å². The maximum Gasteiger partial charge on any atom is 0.157 e. The quantitative estimate of drug-likeness (QED) is 0.147. The zero-order valence-corrected chi connectivity index (χ0v) is 27.2. The van der Waals surface area contributed by atoms with E-state index >= 15 is 0 Å². The van der Waals surface area contributed by atoms with Gasteiger partial charge in [0, 0.05) is 48.0 Å². The van der Waals surface area contributed by atoms with Crippen molar-refractivity contribution in [1.82, 2.24) is 4.48 Å². The van der Waals surface area contributed by atoms with Crippen LogP contribution < -0.4 is 4.48 Å². The summed E-state index contributed by atoms with van der Waals surface area (Å²) < 4.78 is 0.390. The zero-order chi connectivity index (χ0) is 32.9. The molecule has 232 valence electrons. The van der Waals surface area contributed by atoms with Gasteiger partial charge in [-0.25, -0.2) is 0 Å². The largest absolute Gasteiger partial charge is 0.194 e. The second-order valence-corrected chi connectivity index (χ2v) is 12.2. The predicted molar refractivity (Wildman–Crippen MR) is 208 cm³/mol. The molecule has 0 aliphatic rings. The molecule has 0 aromatic heterocycles. The smallest absolute Gasteiger partial charge is 0.157 e. The highest BCUT2D eigenvalue weighted by Crippen LogP contribution is 2.59. The van der Waals surface area contributed by atoms with E-state index < -0.39 is 0 Å². The first-order valence-electron chi connectivity index (χ1n) is 16.8. The Morgan fingerprint density at radius 2 is 0.531 bits per heavy atom. The highest BCUT2D eigenvalue weighted by molar-refractivity contribution is 6.08. The molecule has 0 saturated carbocycles. The molecule has 0 heterocycles. The summed E-state index contributed by atoms with van der Waals surface area (Å²) in [6.45, 7) is 0. The van der Waals surface area contributed by atoms with Gasteiger partial charge in [0.15, 0.2) is 5.69 Å². The fraction of sp³-hybridized carbons (Fsp3) is 0. The molecule has 0 fully saturated rings. The maximum absolute atomic E-state index is 2.47. The highest BCUT2D eigenvalue weighted by atomic mass is 15.4. The predicted octanol–water partition coefficient (Wildman–Crippen LogP) is 13.7. The maximum atomic E-state index is 2.47. The van der Waals surface area contributed by atoms with E-state index in [4.69, 9.17) is 0 Å². The van der Waals surface area contributed by atoms with Gasteiger partial charge in [0.25, 0.3) is 0 Å². The lowest BCUT2D eigenvalue weighted by atomic mass is 9.80. The van der Waals surface area contributed by atoms with Gasteiger partial charge in [0.05, 0.1) is 5.56 Å². The Hall–Kier alpha value is -6.28. The molecule has 0 saturated heterocycles. The second kappa shape index (κ2) is 13.4. The van der Waals surface area contributed by atoms with E-state index in [0.29, 0.717) is 4.48 Å². The number of benzene rings is 8. The van der Waals surface area contributed by atoms with Gasteiger partial charge in [-0.2, -0.15) is 4.48 Å². The summed E-state index contributed by atoms with van der Waals surface area (Å²) in [6, 6.07) is 79.0. The minimum absolute atomic E-state index is 0.390. The molecule has 0 aliphatic carbocycles. The monoisotopic (exact) mass is 626 g/mol. The van der Waals surface area contributed by atoms with Gasteiger partial charge in [-0.15, -0.1) is 0 Å². The first-order valence-corrected chi connectivity index (χ1v) is 16.8. The number of nitrogens with zero attached hydrogens (tertiary/aromatic N) is 1. The van der Waals surface area contributed by atoms with E-state index in [2.05, 4.69) is 218 Å². The highest BCUT2D eigenvalue weighted by Gasteiger charge is 2.43. The molecule has 1 heteroatoms. The molecule has 1 nitrogen and oxygen atoms in total. The van der Waals surface area contributed by atoms with Crippen molar-refractivity contribution in [2.75, 3.05) is 0 Å². The lowest BCUT2D eigenvalue weighted by Gasteiger charge is -2.39. The average Bonchev–Trinajstić information content (AvgIpc) is 3.20. The van der Waals surface area contributed by atoms with Crippen LogP contribution in [0.2, 0.25) is 0 Å². The van der Waals surface area contributed by atoms with Crippen molar-refractivity contribution < 1.29 is 0 Å². The molecule has 0 unspecified atom stereocenters. The van der Waals surface area contributed by atoms with Gasteiger partial charge in [-0.1, -0.05) is 176 Å². The van der Waals surface area contributed by atoms with Crippen molar-refractivity contribution in [3.8, 4) is 44.5 Å². The van der Waals surface area contributed by atoms with E-state index in [1.807, 2.05) is 0 Å². The van der Waals surface area contributed by atoms with E-state index in [1.165, 1.54) is 50.2 Å². The molecule has 0 amide bonds. The second-order valence-electron chi connectivity index (χ2n) is 12.2. The van der Waals surface area contributed by atoms with Crippen molar-refractivity contribution in [3.05, 3.63) is 218 Å². The number of hydrogen-bond acceptors (Lipinski definition) is 0. The van der Waals surface area contributed by atoms with Gasteiger partial charge < -0.3 is 0 Å². The molecule has 0 aliphatic heterocycles. The van der Waals surface area contributed by atoms with Crippen LogP contribution >= 0.6 is 0 Å². The van der Waals surface area contributed by atoms with Crippen molar-refractivity contribution in [2.24, 2.45) is 0 Å². The van der Waals surface area contributed by atoms with Crippen molar-refractivity contribution in [3.63, 3.8) is 0 Å². The van der Waals surface area contributed by atoms with Crippen LogP contribution in [0, 0.1) is 0 Å². The van der Waals surface area contributed by atoms with Crippen LogP contribution in [0.1, 0.15) is 0 Å². The Morgan fingerprint density at radius 1 is 0.245 bits per heavy atom. The molecule has 8 rings (SSSR count). The Morgan fingerprint density at radius 3 is 0.898 bits per heavy atom. The number of hydrogen-bond donors (Lipinski definition) is 0. The number of rotatable bonds is 8. The molecule has 0 bridgehead atoms. The first kappa shape index (κ1) is 30.1. The summed E-state index contributed by atoms with van der Waals surface area (Å²) in [7, 11) is 0. The zero-order valence-electron chi connectivity index (χ0n) is 27.2. The number of para-hydroxylation sites is 3. The van der Waals surface area contributed by atoms with Crippen LogP contribution in [-0.2, 0) is 0 Å². The van der Waals surface area contributed by atoms with Gasteiger partial charge in [-0.3, -0.25) is 0 Å². The lowest BCUT2D eigenvalue weighted by Crippen LogP contribution is -2.34. The van der Waals surface area contributed by atoms with E-state index in [1.54, 1.807) is 0 Å². The SMILES string of the molecule is c1ccc(-c2cc([N+](c3ccccc3)(c3ccccc3)c3ccccc3)c(-c3ccccc3)c(-c3ccccc3)c2-c2ccccc2)cc1. The molecular weight excluding hydrogens is 591 g/mol. The van der Waals surface area contributed by atoms with E-state index in [9.17, 15) is 0 Å². The summed E-state index contributed by atoms with van der Waals surface area (Å²) in [5.74, 6) is 0. The third kappa shape index (κ3) is 5.47. The topological polar surface area (TPSA) is 0 Å². The van der Waals surface area contributed by atoms with E-state index in [0.717, 1.165) is 17.1 Å². The first-order chi connectivity index (χ1) is 24.4. The van der Waals surface area contributed by atoms with Crippen LogP contribution in [0.25, 0.3) is 44.5 Å². The Kier molecular flexibility index (Phi) is 8.26. The summed E-state index contributed by atoms with van der Waals surface area (Å²) in [5, 5.41) is 0. The lowest BCUT2D eigenvalue weighted by molar-refractivity contribution is 0.706. The third-order valence-electron chi connectivity index (χ3n) is 9.37. The van der Waals surface area contributed by atoms with Gasteiger partial charge >= 0.3 is 0 Å². The van der Waals surface area contributed by atoms with Crippen LogP contribution in [0.4, 0.5) is 22.7 Å². The van der Waals surface area contributed by atoms with Crippen molar-refractivity contribution in [1.29, 1.82) is 0 Å².